The summed E-state index contributed by atoms with van der Waals surface area (Å²) >= 11 is 9.73. The van der Waals surface area contributed by atoms with E-state index in [1.54, 1.807) is 0 Å². The Hall–Kier alpha value is -2.03. The molecule has 1 aromatic heterocycles. The maximum Gasteiger partial charge on any atom is 0.0500 e. The Labute approximate surface area is 154 Å². The van der Waals surface area contributed by atoms with Gasteiger partial charge in [-0.1, -0.05) is 82.1 Å². The molecule has 0 aliphatic heterocycles. The summed E-state index contributed by atoms with van der Waals surface area (Å²) in [5.41, 5.74) is 6.07. The monoisotopic (exact) mass is 395 g/mol. The minimum absolute atomic E-state index is 0.743. The maximum atomic E-state index is 6.08. The van der Waals surface area contributed by atoms with Crippen LogP contribution < -0.4 is 0 Å². The van der Waals surface area contributed by atoms with Gasteiger partial charge in [0.15, 0.2) is 0 Å². The lowest BCUT2D eigenvalue weighted by Crippen LogP contribution is -1.92. The molecular weight excluding hydrogens is 382 g/mol. The molecule has 0 aliphatic carbocycles. The highest BCUT2D eigenvalue weighted by Crippen LogP contribution is 2.34. The molecule has 4 aromatic rings. The second-order valence-corrected chi connectivity index (χ2v) is 7.09. The molecule has 0 fully saturated rings. The molecule has 118 valence electrons. The van der Waals surface area contributed by atoms with Crippen LogP contribution in [-0.2, 0) is 6.42 Å². The number of H-pyrrole nitrogens is 1. The van der Waals surface area contributed by atoms with Crippen molar-refractivity contribution >= 4 is 38.4 Å². The van der Waals surface area contributed by atoms with E-state index in [0.717, 1.165) is 21.4 Å². The van der Waals surface area contributed by atoms with Crippen molar-refractivity contribution in [3.05, 3.63) is 93.4 Å². The second kappa shape index (κ2) is 6.46. The highest BCUT2D eigenvalue weighted by atomic mass is 79.9. The zero-order chi connectivity index (χ0) is 16.5. The maximum absolute atomic E-state index is 6.08. The zero-order valence-electron chi connectivity index (χ0n) is 12.9. The van der Waals surface area contributed by atoms with Crippen molar-refractivity contribution < 1.29 is 0 Å². The number of halogens is 2. The molecule has 3 heteroatoms. The molecule has 1 N–H and O–H groups in total. The number of hydrogen-bond acceptors (Lipinski definition) is 0. The summed E-state index contributed by atoms with van der Waals surface area (Å²) in [6.07, 6.45) is 0.839. The smallest absolute Gasteiger partial charge is 0.0500 e. The average molecular weight is 397 g/mol. The van der Waals surface area contributed by atoms with Crippen molar-refractivity contribution in [2.24, 2.45) is 0 Å². The highest BCUT2D eigenvalue weighted by molar-refractivity contribution is 9.10. The summed E-state index contributed by atoms with van der Waals surface area (Å²) in [6.45, 7) is 0. The van der Waals surface area contributed by atoms with Crippen molar-refractivity contribution in [1.29, 1.82) is 0 Å². The van der Waals surface area contributed by atoms with Crippen LogP contribution in [0.3, 0.4) is 0 Å². The Kier molecular flexibility index (Phi) is 4.17. The molecule has 0 bridgehead atoms. The Morgan fingerprint density at radius 1 is 0.875 bits per heavy atom. The van der Waals surface area contributed by atoms with E-state index in [0.29, 0.717) is 0 Å². The summed E-state index contributed by atoms with van der Waals surface area (Å²) in [5, 5.41) is 2.01. The number of nitrogens with one attached hydrogen (secondary N) is 1. The normalized spacial score (nSPS) is 11.1. The molecule has 0 aliphatic rings. The molecule has 4 rings (SSSR count). The van der Waals surface area contributed by atoms with Gasteiger partial charge < -0.3 is 4.98 Å². The van der Waals surface area contributed by atoms with Crippen LogP contribution in [0.4, 0.5) is 0 Å². The lowest BCUT2D eigenvalue weighted by Gasteiger charge is -2.08. The van der Waals surface area contributed by atoms with Gasteiger partial charge in [0, 0.05) is 26.8 Å². The lowest BCUT2D eigenvalue weighted by atomic mass is 9.98. The van der Waals surface area contributed by atoms with Crippen LogP contribution in [-0.4, -0.2) is 4.98 Å². The molecule has 0 unspecified atom stereocenters. The first kappa shape index (κ1) is 15.5. The van der Waals surface area contributed by atoms with E-state index in [1.807, 2.05) is 18.2 Å². The van der Waals surface area contributed by atoms with Crippen LogP contribution in [0.1, 0.15) is 11.1 Å². The number of fused-ring (bicyclic) bond motifs is 1. The largest absolute Gasteiger partial charge is 0.354 e. The first-order valence-corrected chi connectivity index (χ1v) is 8.98. The molecular formula is C21H15BrClN. The Bertz CT molecular complexity index is 1000. The number of benzene rings is 3. The predicted octanol–water partition coefficient (Wildman–Crippen LogP) is 6.84. The third-order valence-corrected chi connectivity index (χ3v) is 5.23. The van der Waals surface area contributed by atoms with Crippen LogP contribution >= 0.6 is 27.5 Å². The summed E-state index contributed by atoms with van der Waals surface area (Å²) in [7, 11) is 0. The molecule has 0 radical (unpaired) electrons. The van der Waals surface area contributed by atoms with E-state index in [9.17, 15) is 0 Å². The minimum atomic E-state index is 0.743. The quantitative estimate of drug-likeness (QED) is 0.390. The highest BCUT2D eigenvalue weighted by Gasteiger charge is 2.14. The summed E-state index contributed by atoms with van der Waals surface area (Å²) in [4.78, 5) is 3.59. The molecule has 0 amide bonds. The second-order valence-electron chi connectivity index (χ2n) is 5.80. The first-order valence-electron chi connectivity index (χ1n) is 7.81. The molecule has 0 atom stereocenters. The van der Waals surface area contributed by atoms with Gasteiger partial charge in [-0.05, 0) is 34.9 Å². The van der Waals surface area contributed by atoms with Crippen molar-refractivity contribution in [1.82, 2.24) is 4.98 Å². The van der Waals surface area contributed by atoms with E-state index >= 15 is 0 Å². The Balaban J connectivity index is 1.89. The van der Waals surface area contributed by atoms with Gasteiger partial charge in [-0.25, -0.2) is 0 Å². The molecule has 0 spiro atoms. The van der Waals surface area contributed by atoms with Gasteiger partial charge >= 0.3 is 0 Å². The van der Waals surface area contributed by atoms with Gasteiger partial charge in [0.05, 0.1) is 5.69 Å². The minimum Gasteiger partial charge on any atom is -0.354 e. The average Bonchev–Trinajstić information content (AvgIpc) is 2.97. The molecule has 24 heavy (non-hydrogen) atoms. The summed E-state index contributed by atoms with van der Waals surface area (Å²) < 4.78 is 1.04. The molecule has 3 aromatic carbocycles. The number of aromatic amines is 1. The van der Waals surface area contributed by atoms with Crippen LogP contribution in [0.25, 0.3) is 22.2 Å². The van der Waals surface area contributed by atoms with Crippen LogP contribution in [0.2, 0.25) is 5.02 Å². The molecule has 0 saturated carbocycles. The first-order chi connectivity index (χ1) is 11.7. The molecule has 1 nitrogen and oxygen atoms in total. The standard InChI is InChI=1S/C21H15BrClN/c22-19-13-16(23)11-10-15(19)12-18-17-8-4-5-9-20(17)24-21(18)14-6-2-1-3-7-14/h1-11,13,24H,12H2. The van der Waals surface area contributed by atoms with E-state index in [1.165, 1.54) is 27.8 Å². The van der Waals surface area contributed by atoms with E-state index < -0.39 is 0 Å². The van der Waals surface area contributed by atoms with Gasteiger partial charge in [-0.15, -0.1) is 0 Å². The van der Waals surface area contributed by atoms with Crippen LogP contribution in [0.5, 0.6) is 0 Å². The molecule has 1 heterocycles. The Morgan fingerprint density at radius 2 is 1.62 bits per heavy atom. The fourth-order valence-corrected chi connectivity index (χ4v) is 3.91. The Morgan fingerprint density at radius 3 is 2.42 bits per heavy atom. The van der Waals surface area contributed by atoms with E-state index in [4.69, 9.17) is 11.6 Å². The van der Waals surface area contributed by atoms with Crippen LogP contribution in [0.15, 0.2) is 77.3 Å². The molecule has 0 saturated heterocycles. The lowest BCUT2D eigenvalue weighted by molar-refractivity contribution is 1.19. The topological polar surface area (TPSA) is 15.8 Å². The zero-order valence-corrected chi connectivity index (χ0v) is 15.2. The van der Waals surface area contributed by atoms with Crippen molar-refractivity contribution in [3.8, 4) is 11.3 Å². The number of para-hydroxylation sites is 1. The summed E-state index contributed by atoms with van der Waals surface area (Å²) in [6, 6.07) is 24.9. The van der Waals surface area contributed by atoms with Crippen molar-refractivity contribution in [3.63, 3.8) is 0 Å². The van der Waals surface area contributed by atoms with E-state index in [2.05, 4.69) is 75.5 Å². The van der Waals surface area contributed by atoms with Gasteiger partial charge in [0.1, 0.15) is 0 Å². The van der Waals surface area contributed by atoms with Crippen molar-refractivity contribution in [2.45, 2.75) is 6.42 Å². The fourth-order valence-electron chi connectivity index (χ4n) is 3.09. The van der Waals surface area contributed by atoms with Crippen LogP contribution in [0, 0.1) is 0 Å². The van der Waals surface area contributed by atoms with Gasteiger partial charge in [-0.2, -0.15) is 0 Å². The number of hydrogen-bond donors (Lipinski definition) is 1. The van der Waals surface area contributed by atoms with Gasteiger partial charge in [-0.3, -0.25) is 0 Å². The number of aromatic nitrogens is 1. The summed E-state index contributed by atoms with van der Waals surface area (Å²) in [5.74, 6) is 0. The van der Waals surface area contributed by atoms with Gasteiger partial charge in [0.2, 0.25) is 0 Å². The van der Waals surface area contributed by atoms with Crippen molar-refractivity contribution in [2.75, 3.05) is 0 Å². The third-order valence-electron chi connectivity index (χ3n) is 4.26. The predicted molar refractivity (Wildman–Crippen MR) is 106 cm³/mol. The third kappa shape index (κ3) is 2.88. The van der Waals surface area contributed by atoms with Gasteiger partial charge in [0.25, 0.3) is 0 Å². The fraction of sp³-hybridized carbons (Fsp3) is 0.0476. The number of rotatable bonds is 3. The SMILES string of the molecule is Clc1ccc(Cc2c(-c3ccccc3)[nH]c3ccccc23)c(Br)c1. The van der Waals surface area contributed by atoms with E-state index in [-0.39, 0.29) is 0 Å².